The van der Waals surface area contributed by atoms with E-state index >= 15 is 0 Å². The fourth-order valence-electron chi connectivity index (χ4n) is 1.95. The Morgan fingerprint density at radius 3 is 2.70 bits per heavy atom. The van der Waals surface area contributed by atoms with Crippen LogP contribution >= 0.6 is 0 Å². The first-order valence-electron chi connectivity index (χ1n) is 6.27. The zero-order valence-electron chi connectivity index (χ0n) is 11.8. The maximum absolute atomic E-state index is 12.9. The summed E-state index contributed by atoms with van der Waals surface area (Å²) >= 11 is 0. The van der Waals surface area contributed by atoms with Crippen LogP contribution in [0.4, 0.5) is 13.2 Å². The molecule has 8 heteroatoms. The number of aliphatic carboxylic acids is 1. The summed E-state index contributed by atoms with van der Waals surface area (Å²) in [6.07, 6.45) is -6.63. The molecule has 0 fully saturated rings. The van der Waals surface area contributed by atoms with Crippen LogP contribution in [0, 0.1) is 11.8 Å². The molecule has 1 aliphatic heterocycles. The second kappa shape index (κ2) is 6.22. The van der Waals surface area contributed by atoms with Crippen molar-refractivity contribution in [3.8, 4) is 23.3 Å². The number of phenols is 1. The van der Waals surface area contributed by atoms with Gasteiger partial charge in [-0.3, -0.25) is 0 Å². The van der Waals surface area contributed by atoms with Gasteiger partial charge in [-0.25, -0.2) is 4.79 Å². The van der Waals surface area contributed by atoms with Crippen molar-refractivity contribution in [3.63, 3.8) is 0 Å². The molecular weight excluding hydrogens is 317 g/mol. The van der Waals surface area contributed by atoms with Crippen LogP contribution in [0.25, 0.3) is 6.08 Å². The molecule has 1 aromatic rings. The molecule has 122 valence electrons. The fourth-order valence-corrected chi connectivity index (χ4v) is 1.95. The molecule has 1 aliphatic rings. The van der Waals surface area contributed by atoms with E-state index in [1.165, 1.54) is 13.2 Å². The highest BCUT2D eigenvalue weighted by Crippen LogP contribution is 2.39. The van der Waals surface area contributed by atoms with Gasteiger partial charge in [-0.1, -0.05) is 11.8 Å². The lowest BCUT2D eigenvalue weighted by Gasteiger charge is -2.27. The lowest BCUT2D eigenvalue weighted by atomic mass is 9.99. The summed E-state index contributed by atoms with van der Waals surface area (Å²) < 4.78 is 48.2. The highest BCUT2D eigenvalue weighted by atomic mass is 19.4. The van der Waals surface area contributed by atoms with Crippen molar-refractivity contribution in [2.45, 2.75) is 12.3 Å². The van der Waals surface area contributed by atoms with Crippen molar-refractivity contribution in [3.05, 3.63) is 28.8 Å². The van der Waals surface area contributed by atoms with E-state index in [1.54, 1.807) is 0 Å². The van der Waals surface area contributed by atoms with Crippen LogP contribution in [0.1, 0.15) is 11.1 Å². The Hall–Kier alpha value is -2.66. The van der Waals surface area contributed by atoms with Crippen molar-refractivity contribution >= 4 is 12.0 Å². The molecule has 1 heterocycles. The minimum absolute atomic E-state index is 0.0856. The number of benzene rings is 1. The van der Waals surface area contributed by atoms with E-state index in [2.05, 4.69) is 11.8 Å². The lowest BCUT2D eigenvalue weighted by molar-refractivity contribution is -0.187. The number of rotatable bonds is 2. The first-order valence-corrected chi connectivity index (χ1v) is 6.27. The Labute approximate surface area is 128 Å². The number of halogens is 3. The number of carboxylic acids is 1. The second-order valence-electron chi connectivity index (χ2n) is 4.59. The Bertz CT molecular complexity index is 725. The van der Waals surface area contributed by atoms with Crippen LogP contribution < -0.4 is 4.74 Å². The summed E-state index contributed by atoms with van der Waals surface area (Å²) in [5, 5.41) is 18.7. The van der Waals surface area contributed by atoms with Gasteiger partial charge in [-0.2, -0.15) is 13.2 Å². The Morgan fingerprint density at radius 2 is 2.13 bits per heavy atom. The van der Waals surface area contributed by atoms with E-state index in [-0.39, 0.29) is 29.2 Å². The molecule has 2 N–H and O–H groups in total. The van der Waals surface area contributed by atoms with Gasteiger partial charge in [0.1, 0.15) is 18.1 Å². The predicted octanol–water partition coefficient (Wildman–Crippen LogP) is 2.18. The van der Waals surface area contributed by atoms with Gasteiger partial charge in [0.25, 0.3) is 0 Å². The zero-order chi connectivity index (χ0) is 17.2. The number of fused-ring (bicyclic) bond motifs is 1. The standard InChI is InChI=1S/C15H11F3O5/c1-22-4-2-3-8-5-9-6-10(14(20)21)13(15(16,17)18)23-12(9)7-11(8)19/h5-7,13,19H,4H2,1H3,(H,20,21). The third-order valence-electron chi connectivity index (χ3n) is 2.95. The SMILES string of the molecule is COCC#Cc1cc2c(cc1O)OC(C(F)(F)F)C(C(=O)O)=C2. The van der Waals surface area contributed by atoms with Gasteiger partial charge in [0, 0.05) is 18.7 Å². The maximum atomic E-state index is 12.9. The summed E-state index contributed by atoms with van der Waals surface area (Å²) in [4.78, 5) is 11.0. The number of hydrogen-bond donors (Lipinski definition) is 2. The molecule has 0 amide bonds. The summed E-state index contributed by atoms with van der Waals surface area (Å²) in [6, 6.07) is 2.23. The number of alkyl halides is 3. The van der Waals surface area contributed by atoms with Crippen LogP contribution in [0.2, 0.25) is 0 Å². The minimum atomic E-state index is -4.89. The van der Waals surface area contributed by atoms with Gasteiger partial charge in [0.2, 0.25) is 6.10 Å². The van der Waals surface area contributed by atoms with Gasteiger partial charge in [0.05, 0.1) is 11.1 Å². The van der Waals surface area contributed by atoms with Gasteiger partial charge in [-0.05, 0) is 12.1 Å². The molecule has 0 aliphatic carbocycles. The van der Waals surface area contributed by atoms with Gasteiger partial charge in [-0.15, -0.1) is 0 Å². The molecule has 23 heavy (non-hydrogen) atoms. The number of carboxylic acid groups (broad SMARTS) is 1. The molecule has 0 aromatic heterocycles. The predicted molar refractivity (Wildman–Crippen MR) is 72.9 cm³/mol. The summed E-state index contributed by atoms with van der Waals surface area (Å²) in [5.74, 6) is 2.76. The largest absolute Gasteiger partial charge is 0.507 e. The van der Waals surface area contributed by atoms with Crippen molar-refractivity contribution in [1.29, 1.82) is 0 Å². The molecule has 0 spiro atoms. The zero-order valence-corrected chi connectivity index (χ0v) is 11.8. The molecule has 0 bridgehead atoms. The van der Waals surface area contributed by atoms with Crippen molar-refractivity contribution in [1.82, 2.24) is 0 Å². The quantitative estimate of drug-likeness (QED) is 0.814. The third kappa shape index (κ3) is 3.57. The molecule has 0 saturated heterocycles. The molecule has 1 atom stereocenters. The van der Waals surface area contributed by atoms with E-state index in [1.807, 2.05) is 0 Å². The lowest BCUT2D eigenvalue weighted by Crippen LogP contribution is -2.40. The van der Waals surface area contributed by atoms with Crippen LogP contribution in [-0.2, 0) is 9.53 Å². The van der Waals surface area contributed by atoms with E-state index in [0.717, 1.165) is 12.1 Å². The Balaban J connectivity index is 2.50. The average Bonchev–Trinajstić information content (AvgIpc) is 2.45. The topological polar surface area (TPSA) is 76.0 Å². The van der Waals surface area contributed by atoms with Crippen LogP contribution in [-0.4, -0.2) is 42.2 Å². The monoisotopic (exact) mass is 328 g/mol. The number of phenolic OH excluding ortho intramolecular Hbond substituents is 1. The minimum Gasteiger partial charge on any atom is -0.507 e. The number of hydrogen-bond acceptors (Lipinski definition) is 4. The van der Waals surface area contributed by atoms with Gasteiger partial charge >= 0.3 is 12.1 Å². The van der Waals surface area contributed by atoms with Crippen LogP contribution in [0.3, 0.4) is 0 Å². The Morgan fingerprint density at radius 1 is 1.43 bits per heavy atom. The highest BCUT2D eigenvalue weighted by Gasteiger charge is 2.48. The van der Waals surface area contributed by atoms with Crippen molar-refractivity contribution in [2.24, 2.45) is 0 Å². The van der Waals surface area contributed by atoms with Gasteiger partial charge in [0.15, 0.2) is 0 Å². The molecule has 1 unspecified atom stereocenters. The fraction of sp³-hybridized carbons (Fsp3) is 0.267. The maximum Gasteiger partial charge on any atom is 0.430 e. The summed E-state index contributed by atoms with van der Waals surface area (Å²) in [7, 11) is 1.42. The summed E-state index contributed by atoms with van der Waals surface area (Å²) in [5.41, 5.74) is -0.732. The number of aromatic hydroxyl groups is 1. The number of carbonyl (C=O) groups is 1. The van der Waals surface area contributed by atoms with Crippen LogP contribution in [0.15, 0.2) is 17.7 Å². The molecule has 0 radical (unpaired) electrons. The van der Waals surface area contributed by atoms with Crippen molar-refractivity contribution < 1.29 is 37.7 Å². The molecule has 1 aromatic carbocycles. The number of ether oxygens (including phenoxy) is 2. The smallest absolute Gasteiger partial charge is 0.430 e. The molecular formula is C15H11F3O5. The summed E-state index contributed by atoms with van der Waals surface area (Å²) in [6.45, 7) is 0.0966. The highest BCUT2D eigenvalue weighted by molar-refractivity contribution is 5.95. The van der Waals surface area contributed by atoms with Gasteiger partial charge < -0.3 is 19.7 Å². The Kier molecular flexibility index (Phi) is 4.52. The van der Waals surface area contributed by atoms with E-state index in [4.69, 9.17) is 14.6 Å². The molecule has 5 nitrogen and oxygen atoms in total. The average molecular weight is 328 g/mol. The van der Waals surface area contributed by atoms with E-state index < -0.39 is 23.8 Å². The van der Waals surface area contributed by atoms with E-state index in [9.17, 15) is 23.1 Å². The van der Waals surface area contributed by atoms with Crippen molar-refractivity contribution in [2.75, 3.05) is 13.7 Å². The van der Waals surface area contributed by atoms with E-state index in [0.29, 0.717) is 0 Å². The third-order valence-corrected chi connectivity index (χ3v) is 2.95. The molecule has 0 saturated carbocycles. The normalized spacial score (nSPS) is 16.5. The first-order chi connectivity index (χ1) is 10.7. The number of methoxy groups -OCH3 is 1. The first kappa shape index (κ1) is 16.7. The second-order valence-corrected chi connectivity index (χ2v) is 4.59. The van der Waals surface area contributed by atoms with Crippen LogP contribution in [0.5, 0.6) is 11.5 Å². The molecule has 2 rings (SSSR count).